The van der Waals surface area contributed by atoms with E-state index in [1.807, 2.05) is 30.3 Å². The lowest BCUT2D eigenvalue weighted by molar-refractivity contribution is -0.0137. The second-order valence-corrected chi connectivity index (χ2v) is 3.98. The first-order valence-corrected chi connectivity index (χ1v) is 5.64. The van der Waals surface area contributed by atoms with Crippen LogP contribution in [0.5, 0.6) is 0 Å². The zero-order valence-electron chi connectivity index (χ0n) is 9.72. The van der Waals surface area contributed by atoms with Gasteiger partial charge in [-0.05, 0) is 12.1 Å². The highest BCUT2D eigenvalue weighted by Gasteiger charge is 2.17. The van der Waals surface area contributed by atoms with Gasteiger partial charge in [0.05, 0.1) is 30.3 Å². The van der Waals surface area contributed by atoms with Gasteiger partial charge in [0.15, 0.2) is 0 Å². The smallest absolute Gasteiger partial charge is 0.103 e. The highest BCUT2D eigenvalue weighted by molar-refractivity contribution is 5.28. The van der Waals surface area contributed by atoms with Crippen LogP contribution in [0.1, 0.15) is 5.69 Å². The van der Waals surface area contributed by atoms with Gasteiger partial charge in [0.1, 0.15) is 6.10 Å². The zero-order chi connectivity index (χ0) is 13.0. The molecule has 6 nitrogen and oxygen atoms in total. The van der Waals surface area contributed by atoms with Gasteiger partial charge in [0, 0.05) is 6.42 Å². The molecule has 18 heavy (non-hydrogen) atoms. The Labute approximate surface area is 104 Å². The molecule has 0 aliphatic carbocycles. The van der Waals surface area contributed by atoms with Crippen molar-refractivity contribution in [3.05, 3.63) is 42.2 Å². The molecule has 1 aromatic heterocycles. The first-order chi connectivity index (χ1) is 8.70. The molecule has 0 amide bonds. The van der Waals surface area contributed by atoms with E-state index in [-0.39, 0.29) is 6.42 Å². The Kier molecular flexibility index (Phi) is 4.03. The Balaban J connectivity index is 2.07. The Morgan fingerprint density at radius 3 is 2.50 bits per heavy atom. The Morgan fingerprint density at radius 1 is 1.11 bits per heavy atom. The van der Waals surface area contributed by atoms with Crippen LogP contribution in [0.2, 0.25) is 0 Å². The SMILES string of the molecule is OC[C@@H](O)[C@@H](O)Cc1cnn(-c2ccccc2)n1. The summed E-state index contributed by atoms with van der Waals surface area (Å²) < 4.78 is 0. The topological polar surface area (TPSA) is 91.4 Å². The third-order valence-electron chi connectivity index (χ3n) is 2.58. The van der Waals surface area contributed by atoms with Gasteiger partial charge in [-0.15, -0.1) is 0 Å². The number of hydrogen-bond acceptors (Lipinski definition) is 5. The number of aliphatic hydroxyl groups is 3. The molecule has 0 saturated heterocycles. The molecular weight excluding hydrogens is 234 g/mol. The summed E-state index contributed by atoms with van der Waals surface area (Å²) in [6.45, 7) is -0.478. The predicted octanol–water partition coefficient (Wildman–Crippen LogP) is -0.476. The molecule has 0 spiro atoms. The van der Waals surface area contributed by atoms with E-state index in [4.69, 9.17) is 5.11 Å². The fraction of sp³-hybridized carbons (Fsp3) is 0.333. The van der Waals surface area contributed by atoms with Crippen LogP contribution in [0.3, 0.4) is 0 Å². The van der Waals surface area contributed by atoms with Gasteiger partial charge >= 0.3 is 0 Å². The summed E-state index contributed by atoms with van der Waals surface area (Å²) in [7, 11) is 0. The standard InChI is InChI=1S/C12H15N3O3/c16-8-12(18)11(17)6-9-7-13-15(14-9)10-4-2-1-3-5-10/h1-5,7,11-12,16-18H,6,8H2/t11-,12+/m0/s1. The molecule has 1 heterocycles. The van der Waals surface area contributed by atoms with Crippen molar-refractivity contribution < 1.29 is 15.3 Å². The Morgan fingerprint density at radius 2 is 1.83 bits per heavy atom. The summed E-state index contributed by atoms with van der Waals surface area (Å²) in [6.07, 6.45) is -0.530. The van der Waals surface area contributed by atoms with Crippen molar-refractivity contribution in [1.29, 1.82) is 0 Å². The van der Waals surface area contributed by atoms with Crippen LogP contribution in [-0.2, 0) is 6.42 Å². The number of hydrogen-bond donors (Lipinski definition) is 3. The van der Waals surface area contributed by atoms with Crippen LogP contribution in [0.4, 0.5) is 0 Å². The summed E-state index contributed by atoms with van der Waals surface area (Å²) in [6, 6.07) is 9.38. The Hall–Kier alpha value is -1.76. The lowest BCUT2D eigenvalue weighted by Gasteiger charge is -2.13. The normalized spacial score (nSPS) is 14.4. The summed E-state index contributed by atoms with van der Waals surface area (Å²) >= 11 is 0. The number of nitrogens with zero attached hydrogens (tertiary/aromatic N) is 3. The molecule has 0 fully saturated rings. The van der Waals surface area contributed by atoms with Gasteiger partial charge in [0.2, 0.25) is 0 Å². The molecule has 0 aliphatic heterocycles. The molecule has 3 N–H and O–H groups in total. The number of aromatic nitrogens is 3. The van der Waals surface area contributed by atoms with Gasteiger partial charge in [-0.25, -0.2) is 0 Å². The predicted molar refractivity (Wildman–Crippen MR) is 64.2 cm³/mol. The third kappa shape index (κ3) is 2.92. The second kappa shape index (κ2) is 5.72. The molecule has 0 radical (unpaired) electrons. The van der Waals surface area contributed by atoms with Crippen LogP contribution in [0.25, 0.3) is 5.69 Å². The minimum atomic E-state index is -1.16. The van der Waals surface area contributed by atoms with Crippen molar-refractivity contribution in [2.45, 2.75) is 18.6 Å². The minimum Gasteiger partial charge on any atom is -0.394 e. The van der Waals surface area contributed by atoms with E-state index >= 15 is 0 Å². The number of benzene rings is 1. The van der Waals surface area contributed by atoms with E-state index in [2.05, 4.69) is 10.2 Å². The summed E-state index contributed by atoms with van der Waals surface area (Å²) in [5, 5.41) is 35.8. The summed E-state index contributed by atoms with van der Waals surface area (Å²) in [4.78, 5) is 1.45. The molecule has 2 rings (SSSR count). The van der Waals surface area contributed by atoms with Crippen molar-refractivity contribution >= 4 is 0 Å². The zero-order valence-corrected chi connectivity index (χ0v) is 9.72. The lowest BCUT2D eigenvalue weighted by Crippen LogP contribution is -2.31. The molecule has 1 aromatic carbocycles. The third-order valence-corrected chi connectivity index (χ3v) is 2.58. The molecule has 96 valence electrons. The highest BCUT2D eigenvalue weighted by atomic mass is 16.4. The minimum absolute atomic E-state index is 0.147. The molecule has 0 bridgehead atoms. The van der Waals surface area contributed by atoms with Gasteiger partial charge in [0.25, 0.3) is 0 Å². The van der Waals surface area contributed by atoms with Crippen molar-refractivity contribution in [3.63, 3.8) is 0 Å². The first kappa shape index (κ1) is 12.7. The number of para-hydroxylation sites is 1. The van der Waals surface area contributed by atoms with Crippen LogP contribution in [0.15, 0.2) is 36.5 Å². The van der Waals surface area contributed by atoms with Crippen LogP contribution >= 0.6 is 0 Å². The van der Waals surface area contributed by atoms with E-state index in [0.29, 0.717) is 5.69 Å². The molecule has 6 heteroatoms. The van der Waals surface area contributed by atoms with E-state index in [9.17, 15) is 10.2 Å². The fourth-order valence-corrected chi connectivity index (χ4v) is 1.55. The molecule has 0 aliphatic rings. The van der Waals surface area contributed by atoms with Crippen LogP contribution in [-0.4, -0.2) is 49.1 Å². The monoisotopic (exact) mass is 249 g/mol. The maximum absolute atomic E-state index is 9.56. The molecule has 2 atom stereocenters. The molecular formula is C12H15N3O3. The quantitative estimate of drug-likeness (QED) is 0.666. The van der Waals surface area contributed by atoms with Crippen LogP contribution < -0.4 is 0 Å². The summed E-state index contributed by atoms with van der Waals surface area (Å²) in [5.74, 6) is 0. The van der Waals surface area contributed by atoms with Crippen molar-refractivity contribution in [2.75, 3.05) is 6.61 Å². The molecule has 2 aromatic rings. The highest BCUT2D eigenvalue weighted by Crippen LogP contribution is 2.07. The van der Waals surface area contributed by atoms with Crippen molar-refractivity contribution in [3.8, 4) is 5.69 Å². The van der Waals surface area contributed by atoms with E-state index in [1.165, 1.54) is 11.0 Å². The van der Waals surface area contributed by atoms with Gasteiger partial charge in [-0.1, -0.05) is 18.2 Å². The number of rotatable bonds is 5. The fourth-order valence-electron chi connectivity index (χ4n) is 1.55. The first-order valence-electron chi connectivity index (χ1n) is 5.64. The maximum Gasteiger partial charge on any atom is 0.103 e. The largest absolute Gasteiger partial charge is 0.394 e. The van der Waals surface area contributed by atoms with Gasteiger partial charge in [-0.3, -0.25) is 0 Å². The van der Waals surface area contributed by atoms with E-state index in [1.54, 1.807) is 0 Å². The molecule has 0 saturated carbocycles. The maximum atomic E-state index is 9.56. The van der Waals surface area contributed by atoms with Crippen molar-refractivity contribution in [2.24, 2.45) is 0 Å². The summed E-state index contributed by atoms with van der Waals surface area (Å²) in [5.41, 5.74) is 1.37. The Bertz CT molecular complexity index is 486. The molecule has 0 unspecified atom stereocenters. The van der Waals surface area contributed by atoms with Crippen molar-refractivity contribution in [1.82, 2.24) is 15.0 Å². The average molecular weight is 249 g/mol. The second-order valence-electron chi connectivity index (χ2n) is 3.98. The van der Waals surface area contributed by atoms with Crippen LogP contribution in [0, 0.1) is 0 Å². The van der Waals surface area contributed by atoms with Gasteiger partial charge in [-0.2, -0.15) is 15.0 Å². The lowest BCUT2D eigenvalue weighted by atomic mass is 10.1. The average Bonchev–Trinajstić information content (AvgIpc) is 2.87. The van der Waals surface area contributed by atoms with E-state index < -0.39 is 18.8 Å². The van der Waals surface area contributed by atoms with E-state index in [0.717, 1.165) is 5.69 Å². The van der Waals surface area contributed by atoms with Gasteiger partial charge < -0.3 is 15.3 Å². The number of aliphatic hydroxyl groups excluding tert-OH is 3.